The minimum absolute atomic E-state index is 0.0573. The Morgan fingerprint density at radius 1 is 0.830 bits per heavy atom. The van der Waals surface area contributed by atoms with Gasteiger partial charge in [0.05, 0.1) is 35.1 Å². The molecule has 53 heavy (non-hydrogen) atoms. The Bertz CT molecular complexity index is 2120. The summed E-state index contributed by atoms with van der Waals surface area (Å²) in [6.45, 7) is 4.50. The van der Waals surface area contributed by atoms with E-state index in [0.29, 0.717) is 73.3 Å². The number of carbonyl (C=O) groups is 3. The molecule has 0 atom stereocenters. The van der Waals surface area contributed by atoms with Crippen LogP contribution in [0.15, 0.2) is 77.8 Å². The van der Waals surface area contributed by atoms with Gasteiger partial charge in [-0.15, -0.1) is 0 Å². The molecule has 0 radical (unpaired) electrons. The number of ether oxygens (including phenoxy) is 1. The third-order valence-electron chi connectivity index (χ3n) is 9.16. The summed E-state index contributed by atoms with van der Waals surface area (Å²) in [6, 6.07) is 18.8. The maximum atomic E-state index is 13.5. The van der Waals surface area contributed by atoms with Gasteiger partial charge in [-0.1, -0.05) is 29.8 Å². The summed E-state index contributed by atoms with van der Waals surface area (Å²) in [6.07, 6.45) is 1.46. The monoisotopic (exact) mass is 761 g/mol. The second-order valence-corrected chi connectivity index (χ2v) is 14.7. The average molecular weight is 762 g/mol. The Balaban J connectivity index is 1.09. The molecule has 2 aliphatic heterocycles. The summed E-state index contributed by atoms with van der Waals surface area (Å²) in [7, 11) is -0.707. The summed E-state index contributed by atoms with van der Waals surface area (Å²) >= 11 is 6.40. The molecular formula is C36H40ClN9O6S. The molecule has 15 nitrogen and oxygen atoms in total. The Hall–Kier alpha value is -5.45. The number of aromatic nitrogens is 2. The van der Waals surface area contributed by atoms with Crippen molar-refractivity contribution in [2.45, 2.75) is 11.8 Å². The molecule has 2 fully saturated rings. The highest BCUT2D eigenvalue weighted by Gasteiger charge is 2.30. The summed E-state index contributed by atoms with van der Waals surface area (Å²) in [5.74, 6) is 0.514. The number of nitrogens with zero attached hydrogens (tertiary/aromatic N) is 6. The number of amides is 3. The molecular weight excluding hydrogens is 722 g/mol. The lowest BCUT2D eigenvalue weighted by Crippen LogP contribution is -2.50. The van der Waals surface area contributed by atoms with Crippen LogP contribution < -0.4 is 25.6 Å². The van der Waals surface area contributed by atoms with Crippen LogP contribution >= 0.6 is 11.6 Å². The largest absolute Gasteiger partial charge is 0.494 e. The van der Waals surface area contributed by atoms with E-state index in [1.54, 1.807) is 60.4 Å². The fourth-order valence-electron chi connectivity index (χ4n) is 6.20. The van der Waals surface area contributed by atoms with Crippen molar-refractivity contribution < 1.29 is 27.5 Å². The van der Waals surface area contributed by atoms with Gasteiger partial charge in [0.1, 0.15) is 10.8 Å². The van der Waals surface area contributed by atoms with Crippen LogP contribution in [0.1, 0.15) is 27.6 Å². The van der Waals surface area contributed by atoms with Crippen molar-refractivity contribution in [3.63, 3.8) is 0 Å². The van der Waals surface area contributed by atoms with E-state index in [2.05, 4.69) is 30.8 Å². The zero-order chi connectivity index (χ0) is 37.7. The van der Waals surface area contributed by atoms with Gasteiger partial charge in [-0.2, -0.15) is 9.29 Å². The van der Waals surface area contributed by atoms with Crippen molar-refractivity contribution in [2.24, 2.45) is 0 Å². The second kappa shape index (κ2) is 16.1. The van der Waals surface area contributed by atoms with E-state index >= 15 is 0 Å². The lowest BCUT2D eigenvalue weighted by molar-refractivity contribution is -0.129. The van der Waals surface area contributed by atoms with Crippen LogP contribution in [0.3, 0.4) is 0 Å². The first-order valence-corrected chi connectivity index (χ1v) is 18.8. The summed E-state index contributed by atoms with van der Waals surface area (Å²) < 4.78 is 33.8. The number of carbonyl (C=O) groups excluding carboxylic acids is 3. The average Bonchev–Trinajstić information content (AvgIpc) is 3.19. The van der Waals surface area contributed by atoms with Gasteiger partial charge in [-0.25, -0.2) is 13.4 Å². The molecule has 3 aromatic carbocycles. The highest BCUT2D eigenvalue weighted by atomic mass is 35.5. The first-order valence-electron chi connectivity index (χ1n) is 16.9. The molecule has 2 saturated heterocycles. The molecule has 0 aliphatic carbocycles. The van der Waals surface area contributed by atoms with Crippen molar-refractivity contribution >= 4 is 68.2 Å². The second-order valence-electron chi connectivity index (χ2n) is 12.4. The van der Waals surface area contributed by atoms with Crippen molar-refractivity contribution in [1.82, 2.24) is 29.4 Å². The predicted octanol–water partition coefficient (Wildman–Crippen LogP) is 3.80. The number of rotatable bonds is 10. The lowest BCUT2D eigenvalue weighted by atomic mass is 10.1. The molecule has 3 N–H and O–H groups in total. The van der Waals surface area contributed by atoms with Gasteiger partial charge in [-0.05, 0) is 42.5 Å². The number of sulfonamides is 1. The van der Waals surface area contributed by atoms with Crippen LogP contribution in [-0.4, -0.2) is 117 Å². The van der Waals surface area contributed by atoms with Crippen LogP contribution in [0.5, 0.6) is 5.75 Å². The van der Waals surface area contributed by atoms with Crippen LogP contribution in [0.25, 0.3) is 0 Å². The lowest BCUT2D eigenvalue weighted by Gasteiger charge is -2.36. The van der Waals surface area contributed by atoms with E-state index in [1.807, 2.05) is 18.2 Å². The molecule has 0 saturated carbocycles. The zero-order valence-electron chi connectivity index (χ0n) is 29.5. The molecule has 0 bridgehead atoms. The van der Waals surface area contributed by atoms with Gasteiger partial charge in [-0.3, -0.25) is 14.4 Å². The first-order chi connectivity index (χ1) is 25.5. The summed E-state index contributed by atoms with van der Waals surface area (Å²) in [5.41, 5.74) is 2.76. The first kappa shape index (κ1) is 37.3. The topological polar surface area (TPSA) is 169 Å². The number of benzene rings is 3. The molecule has 1 aromatic heterocycles. The van der Waals surface area contributed by atoms with Gasteiger partial charge in [0.2, 0.25) is 21.9 Å². The standard InChI is InChI=1S/C36H40ClN9O6S/c1-24(47)43-17-19-46(20-18-43)53(50,51)27-8-6-7-25(21-27)35(49)45-15-13-44(14-16-45)26-11-12-31(32(22-26)52-3)41-36-39-23-29(37)33(42-36)40-30-10-5-4-9-28(30)34(48)38-2/h4-12,21-23H,13-20H2,1-3H3,(H,38,48)(H2,39,40,41,42). The van der Waals surface area contributed by atoms with Gasteiger partial charge >= 0.3 is 0 Å². The normalized spacial score (nSPS) is 15.1. The molecule has 278 valence electrons. The molecule has 0 unspecified atom stereocenters. The quantitative estimate of drug-likeness (QED) is 0.215. The Labute approximate surface area is 312 Å². The maximum absolute atomic E-state index is 13.5. The van der Waals surface area contributed by atoms with E-state index < -0.39 is 10.0 Å². The van der Waals surface area contributed by atoms with Crippen LogP contribution in [0, 0.1) is 0 Å². The SMILES string of the molecule is CNC(=O)c1ccccc1Nc1nc(Nc2ccc(N3CCN(C(=O)c4cccc(S(=O)(=O)N5CCN(C(C)=O)CC5)c4)CC3)cc2OC)ncc1Cl. The summed E-state index contributed by atoms with van der Waals surface area (Å²) in [5, 5.41) is 9.19. The maximum Gasteiger partial charge on any atom is 0.254 e. The minimum Gasteiger partial charge on any atom is -0.494 e. The Morgan fingerprint density at radius 2 is 1.55 bits per heavy atom. The highest BCUT2D eigenvalue weighted by molar-refractivity contribution is 7.89. The number of hydrogen-bond acceptors (Lipinski definition) is 11. The molecule has 6 rings (SSSR count). The van der Waals surface area contributed by atoms with E-state index in [0.717, 1.165) is 5.69 Å². The third kappa shape index (κ3) is 8.29. The molecule has 2 aliphatic rings. The Morgan fingerprint density at radius 3 is 2.25 bits per heavy atom. The number of nitrogens with one attached hydrogen (secondary N) is 3. The number of piperazine rings is 2. The van der Waals surface area contributed by atoms with Gasteiger partial charge < -0.3 is 35.4 Å². The van der Waals surface area contributed by atoms with Crippen LogP contribution in [0.4, 0.5) is 28.8 Å². The minimum atomic E-state index is -3.83. The van der Waals surface area contributed by atoms with E-state index in [1.165, 1.54) is 29.6 Å². The fourth-order valence-corrected chi connectivity index (χ4v) is 7.81. The number of anilines is 5. The van der Waals surface area contributed by atoms with Crippen molar-refractivity contribution in [3.8, 4) is 5.75 Å². The molecule has 4 aromatic rings. The molecule has 17 heteroatoms. The van der Waals surface area contributed by atoms with E-state index in [9.17, 15) is 22.8 Å². The summed E-state index contributed by atoms with van der Waals surface area (Å²) in [4.78, 5) is 51.9. The third-order valence-corrected chi connectivity index (χ3v) is 11.3. The number of hydrogen-bond donors (Lipinski definition) is 3. The van der Waals surface area contributed by atoms with E-state index in [-0.39, 0.29) is 46.7 Å². The van der Waals surface area contributed by atoms with Gasteiger partial charge in [0.15, 0.2) is 5.82 Å². The number of halogens is 1. The van der Waals surface area contributed by atoms with Crippen molar-refractivity contribution in [1.29, 1.82) is 0 Å². The van der Waals surface area contributed by atoms with Gasteiger partial charge in [0, 0.05) is 83.6 Å². The fraction of sp³-hybridized carbons (Fsp3) is 0.306. The molecule has 3 amide bonds. The highest BCUT2D eigenvalue weighted by Crippen LogP contribution is 2.33. The Kier molecular flexibility index (Phi) is 11.3. The van der Waals surface area contributed by atoms with Crippen LogP contribution in [0.2, 0.25) is 5.02 Å². The smallest absolute Gasteiger partial charge is 0.254 e. The predicted molar refractivity (Wildman–Crippen MR) is 202 cm³/mol. The molecule has 0 spiro atoms. The number of methoxy groups -OCH3 is 1. The zero-order valence-corrected chi connectivity index (χ0v) is 31.1. The van der Waals surface area contributed by atoms with Crippen LogP contribution in [-0.2, 0) is 14.8 Å². The van der Waals surface area contributed by atoms with Crippen molar-refractivity contribution in [2.75, 3.05) is 82.0 Å². The molecule has 3 heterocycles. The van der Waals surface area contributed by atoms with Crippen molar-refractivity contribution in [3.05, 3.63) is 89.1 Å². The number of para-hydroxylation sites is 1. The van der Waals surface area contributed by atoms with Gasteiger partial charge in [0.25, 0.3) is 11.8 Å². The van der Waals surface area contributed by atoms with E-state index in [4.69, 9.17) is 16.3 Å².